The third kappa shape index (κ3) is 5.63. The first-order valence-corrected chi connectivity index (χ1v) is 8.85. The van der Waals surface area contributed by atoms with E-state index < -0.39 is 0 Å². The van der Waals surface area contributed by atoms with Gasteiger partial charge in [-0.05, 0) is 51.1 Å². The van der Waals surface area contributed by atoms with E-state index in [1.807, 2.05) is 0 Å². The molecule has 1 atom stereocenters. The highest BCUT2D eigenvalue weighted by molar-refractivity contribution is 6.31. The number of rotatable bonds is 10. The van der Waals surface area contributed by atoms with Gasteiger partial charge in [0.2, 0.25) is 0 Å². The fraction of sp³-hybridized carbons (Fsp3) is 0.824. The van der Waals surface area contributed by atoms with Crippen molar-refractivity contribution in [3.63, 3.8) is 0 Å². The summed E-state index contributed by atoms with van der Waals surface area (Å²) >= 11 is 6.53. The van der Waals surface area contributed by atoms with Crippen LogP contribution in [0.15, 0.2) is 0 Å². The fourth-order valence-electron chi connectivity index (χ4n) is 2.75. The molecular formula is C17H32ClN3. The van der Waals surface area contributed by atoms with Gasteiger partial charge in [0.05, 0.1) is 16.4 Å². The van der Waals surface area contributed by atoms with Crippen LogP contribution in [0.25, 0.3) is 0 Å². The average molecular weight is 314 g/mol. The summed E-state index contributed by atoms with van der Waals surface area (Å²) in [5.74, 6) is 1.33. The Labute approximate surface area is 135 Å². The van der Waals surface area contributed by atoms with Crippen LogP contribution in [0.1, 0.15) is 58.8 Å². The van der Waals surface area contributed by atoms with Gasteiger partial charge in [-0.25, -0.2) is 0 Å². The Morgan fingerprint density at radius 2 is 1.90 bits per heavy atom. The zero-order valence-corrected chi connectivity index (χ0v) is 15.1. The van der Waals surface area contributed by atoms with Gasteiger partial charge in [-0.1, -0.05) is 45.7 Å². The molecular weight excluding hydrogens is 282 g/mol. The summed E-state index contributed by atoms with van der Waals surface area (Å²) in [7, 11) is 0. The molecule has 21 heavy (non-hydrogen) atoms. The normalized spacial score (nSPS) is 13.1. The van der Waals surface area contributed by atoms with E-state index in [1.165, 1.54) is 18.5 Å². The van der Waals surface area contributed by atoms with E-state index in [0.717, 1.165) is 43.2 Å². The molecule has 1 heterocycles. The summed E-state index contributed by atoms with van der Waals surface area (Å²) in [6.45, 7) is 14.1. The van der Waals surface area contributed by atoms with Crippen LogP contribution in [-0.4, -0.2) is 22.9 Å². The van der Waals surface area contributed by atoms with E-state index in [9.17, 15) is 0 Å². The zero-order valence-electron chi connectivity index (χ0n) is 14.4. The van der Waals surface area contributed by atoms with E-state index in [2.05, 4.69) is 49.7 Å². The van der Waals surface area contributed by atoms with E-state index in [0.29, 0.717) is 11.8 Å². The van der Waals surface area contributed by atoms with E-state index in [4.69, 9.17) is 11.6 Å². The first kappa shape index (κ1) is 18.5. The van der Waals surface area contributed by atoms with Gasteiger partial charge in [-0.3, -0.25) is 4.68 Å². The van der Waals surface area contributed by atoms with Gasteiger partial charge in [0.15, 0.2) is 0 Å². The summed E-state index contributed by atoms with van der Waals surface area (Å²) < 4.78 is 2.09. The van der Waals surface area contributed by atoms with Gasteiger partial charge >= 0.3 is 0 Å². The minimum Gasteiger partial charge on any atom is -0.316 e. The Bertz CT molecular complexity index is 412. The maximum atomic E-state index is 6.53. The molecule has 0 fully saturated rings. The maximum Gasteiger partial charge on any atom is 0.0849 e. The topological polar surface area (TPSA) is 29.9 Å². The summed E-state index contributed by atoms with van der Waals surface area (Å²) in [6.07, 6.45) is 4.38. The molecule has 0 saturated carbocycles. The average Bonchev–Trinajstić information content (AvgIpc) is 2.75. The summed E-state index contributed by atoms with van der Waals surface area (Å²) in [5, 5.41) is 9.12. The van der Waals surface area contributed by atoms with Crippen molar-refractivity contribution in [2.45, 2.75) is 66.8 Å². The van der Waals surface area contributed by atoms with Crippen LogP contribution in [0.5, 0.6) is 0 Å². The summed E-state index contributed by atoms with van der Waals surface area (Å²) in [5.41, 5.74) is 2.26. The number of aromatic nitrogens is 2. The second-order valence-corrected chi connectivity index (χ2v) is 6.67. The molecule has 0 aliphatic rings. The van der Waals surface area contributed by atoms with Gasteiger partial charge in [0.1, 0.15) is 0 Å². The highest BCUT2D eigenvalue weighted by Crippen LogP contribution is 2.25. The highest BCUT2D eigenvalue weighted by atomic mass is 35.5. The Morgan fingerprint density at radius 1 is 1.19 bits per heavy atom. The van der Waals surface area contributed by atoms with Crippen molar-refractivity contribution in [2.24, 2.45) is 11.8 Å². The molecule has 4 heteroatoms. The molecule has 3 nitrogen and oxygen atoms in total. The monoisotopic (exact) mass is 313 g/mol. The van der Waals surface area contributed by atoms with Crippen LogP contribution in [0.2, 0.25) is 5.02 Å². The van der Waals surface area contributed by atoms with Crippen molar-refractivity contribution in [3.05, 3.63) is 16.4 Å². The van der Waals surface area contributed by atoms with Crippen molar-refractivity contribution in [2.75, 3.05) is 13.1 Å². The third-order valence-electron chi connectivity index (χ3n) is 3.86. The van der Waals surface area contributed by atoms with Crippen LogP contribution in [0.3, 0.4) is 0 Å². The molecule has 0 aromatic carbocycles. The first-order chi connectivity index (χ1) is 10.0. The molecule has 0 aliphatic heterocycles. The molecule has 0 aliphatic carbocycles. The number of nitrogens with zero attached hydrogens (tertiary/aromatic N) is 2. The predicted octanol–water partition coefficient (Wildman–Crippen LogP) is 4.32. The predicted molar refractivity (Wildman–Crippen MR) is 92.1 cm³/mol. The van der Waals surface area contributed by atoms with Crippen molar-refractivity contribution in [1.29, 1.82) is 0 Å². The molecule has 1 aromatic heterocycles. The number of nitrogens with one attached hydrogen (secondary N) is 1. The Hall–Kier alpha value is -0.540. The lowest BCUT2D eigenvalue weighted by Gasteiger charge is -2.18. The van der Waals surface area contributed by atoms with Crippen LogP contribution in [-0.2, 0) is 19.4 Å². The molecule has 122 valence electrons. The molecule has 0 amide bonds. The molecule has 1 rings (SSSR count). The van der Waals surface area contributed by atoms with Crippen molar-refractivity contribution in [3.8, 4) is 0 Å². The van der Waals surface area contributed by atoms with E-state index >= 15 is 0 Å². The van der Waals surface area contributed by atoms with Crippen molar-refractivity contribution in [1.82, 2.24) is 15.1 Å². The molecule has 0 bridgehead atoms. The summed E-state index contributed by atoms with van der Waals surface area (Å²) in [4.78, 5) is 0. The van der Waals surface area contributed by atoms with Gasteiger partial charge in [-0.2, -0.15) is 5.10 Å². The van der Waals surface area contributed by atoms with Crippen LogP contribution in [0, 0.1) is 11.8 Å². The molecule has 1 N–H and O–H groups in total. The minimum absolute atomic E-state index is 0.637. The van der Waals surface area contributed by atoms with Gasteiger partial charge in [0, 0.05) is 6.54 Å². The van der Waals surface area contributed by atoms with Crippen molar-refractivity contribution < 1.29 is 0 Å². The quantitative estimate of drug-likeness (QED) is 0.697. The largest absolute Gasteiger partial charge is 0.316 e. The van der Waals surface area contributed by atoms with E-state index in [-0.39, 0.29) is 0 Å². The van der Waals surface area contributed by atoms with Crippen LogP contribution >= 0.6 is 11.6 Å². The maximum absolute atomic E-state index is 6.53. The number of hydrogen-bond acceptors (Lipinski definition) is 2. The Morgan fingerprint density at radius 3 is 2.43 bits per heavy atom. The molecule has 0 spiro atoms. The summed E-state index contributed by atoms with van der Waals surface area (Å²) in [6, 6.07) is 0. The molecule has 1 aromatic rings. The van der Waals surface area contributed by atoms with Gasteiger partial charge in [0.25, 0.3) is 0 Å². The standard InChI is InChI=1S/C17H32ClN3/c1-6-9-14(12-19-11-13(4)5)10-16-17(18)15(7-2)20-21(16)8-3/h13-14,19H,6-12H2,1-5H3. The number of hydrogen-bond donors (Lipinski definition) is 1. The lowest BCUT2D eigenvalue weighted by Crippen LogP contribution is -2.28. The lowest BCUT2D eigenvalue weighted by atomic mass is 9.97. The molecule has 0 saturated heterocycles. The third-order valence-corrected chi connectivity index (χ3v) is 4.29. The smallest absolute Gasteiger partial charge is 0.0849 e. The number of aryl methyl sites for hydroxylation is 2. The molecule has 0 radical (unpaired) electrons. The fourth-order valence-corrected chi connectivity index (χ4v) is 3.09. The second-order valence-electron chi connectivity index (χ2n) is 6.29. The molecule has 1 unspecified atom stereocenters. The van der Waals surface area contributed by atoms with E-state index in [1.54, 1.807) is 0 Å². The second kappa shape index (κ2) is 9.47. The SMILES string of the molecule is CCCC(CNCC(C)C)Cc1c(Cl)c(CC)nn1CC. The zero-order chi connectivity index (χ0) is 15.8. The van der Waals surface area contributed by atoms with Crippen LogP contribution in [0.4, 0.5) is 0 Å². The van der Waals surface area contributed by atoms with Crippen molar-refractivity contribution >= 4 is 11.6 Å². The lowest BCUT2D eigenvalue weighted by molar-refractivity contribution is 0.410. The minimum atomic E-state index is 0.637. The Balaban J connectivity index is 2.75. The van der Waals surface area contributed by atoms with Crippen LogP contribution < -0.4 is 5.32 Å². The van der Waals surface area contributed by atoms with Gasteiger partial charge < -0.3 is 5.32 Å². The first-order valence-electron chi connectivity index (χ1n) is 8.48. The number of halogens is 1. The highest BCUT2D eigenvalue weighted by Gasteiger charge is 2.18. The Kier molecular flexibility index (Phi) is 8.35. The van der Waals surface area contributed by atoms with Gasteiger partial charge in [-0.15, -0.1) is 0 Å².